The summed E-state index contributed by atoms with van der Waals surface area (Å²) in [6, 6.07) is 5.69. The molecule has 0 amide bonds. The van der Waals surface area contributed by atoms with Crippen LogP contribution in [0.1, 0.15) is 5.69 Å². The molecule has 0 unspecified atom stereocenters. The summed E-state index contributed by atoms with van der Waals surface area (Å²) in [7, 11) is 0. The maximum atomic E-state index is 4.10. The van der Waals surface area contributed by atoms with Gasteiger partial charge in [-0.2, -0.15) is 5.10 Å². The quantitative estimate of drug-likeness (QED) is 0.548. The summed E-state index contributed by atoms with van der Waals surface area (Å²) in [6.45, 7) is 1.69. The molecule has 1 N–H and O–H groups in total. The van der Waals surface area contributed by atoms with Crippen LogP contribution in [0.5, 0.6) is 0 Å². The Balaban J connectivity index is 1.85. The molecule has 1 aromatic heterocycles. The molecule has 14 heavy (non-hydrogen) atoms. The predicted octanol–water partition coefficient (Wildman–Crippen LogP) is 0.264. The van der Waals surface area contributed by atoms with Gasteiger partial charge in [0, 0.05) is 6.20 Å². The van der Waals surface area contributed by atoms with E-state index in [4.69, 9.17) is 0 Å². The second-order valence-corrected chi connectivity index (χ2v) is 2.83. The molecule has 2 heterocycles. The van der Waals surface area contributed by atoms with Crippen LogP contribution in [0.2, 0.25) is 0 Å². The largest absolute Gasteiger partial charge is 0.272 e. The van der Waals surface area contributed by atoms with Gasteiger partial charge in [0.1, 0.15) is 6.34 Å². The van der Waals surface area contributed by atoms with Crippen LogP contribution in [0.25, 0.3) is 0 Å². The molecule has 0 aromatic carbocycles. The highest BCUT2D eigenvalue weighted by molar-refractivity contribution is 5.76. The maximum absolute atomic E-state index is 4.10. The minimum Gasteiger partial charge on any atom is -0.272 e. The summed E-state index contributed by atoms with van der Waals surface area (Å²) in [6.07, 6.45) is 5.14. The number of hydrazone groups is 1. The SMILES string of the molecule is C1=NCCN1NN=Cc1ccccn1. The van der Waals surface area contributed by atoms with E-state index < -0.39 is 0 Å². The number of hydrogen-bond acceptors (Lipinski definition) is 5. The topological polar surface area (TPSA) is 52.9 Å². The van der Waals surface area contributed by atoms with Gasteiger partial charge in [-0.1, -0.05) is 6.07 Å². The smallest absolute Gasteiger partial charge is 0.105 e. The van der Waals surface area contributed by atoms with E-state index in [0.717, 1.165) is 18.8 Å². The summed E-state index contributed by atoms with van der Waals surface area (Å²) < 4.78 is 0. The number of hydrazine groups is 1. The van der Waals surface area contributed by atoms with Gasteiger partial charge in [0.2, 0.25) is 0 Å². The number of rotatable bonds is 3. The molecular formula is C9H11N5. The molecule has 1 aromatic rings. The zero-order valence-corrected chi connectivity index (χ0v) is 7.67. The van der Waals surface area contributed by atoms with Gasteiger partial charge in [-0.15, -0.1) is 0 Å². The molecule has 5 nitrogen and oxygen atoms in total. The molecule has 0 atom stereocenters. The average molecular weight is 189 g/mol. The van der Waals surface area contributed by atoms with Crippen LogP contribution < -0.4 is 5.53 Å². The lowest BCUT2D eigenvalue weighted by Crippen LogP contribution is -2.31. The minimum atomic E-state index is 0.826. The Kier molecular flexibility index (Phi) is 2.70. The maximum Gasteiger partial charge on any atom is 0.105 e. The molecule has 1 aliphatic rings. The summed E-state index contributed by atoms with van der Waals surface area (Å²) in [5.74, 6) is 0. The van der Waals surface area contributed by atoms with Crippen LogP contribution in [-0.4, -0.2) is 35.6 Å². The summed E-state index contributed by atoms with van der Waals surface area (Å²) in [5.41, 5.74) is 3.67. The van der Waals surface area contributed by atoms with Crippen LogP contribution in [0.15, 0.2) is 34.5 Å². The van der Waals surface area contributed by atoms with Gasteiger partial charge in [-0.05, 0) is 12.1 Å². The van der Waals surface area contributed by atoms with Gasteiger partial charge in [0.05, 0.1) is 25.0 Å². The lowest BCUT2D eigenvalue weighted by atomic mass is 10.4. The number of hydrogen-bond donors (Lipinski definition) is 1. The van der Waals surface area contributed by atoms with Gasteiger partial charge in [-0.25, -0.2) is 5.53 Å². The van der Waals surface area contributed by atoms with Gasteiger partial charge in [0.25, 0.3) is 0 Å². The van der Waals surface area contributed by atoms with Crippen molar-refractivity contribution in [2.24, 2.45) is 10.1 Å². The first-order valence-corrected chi connectivity index (χ1v) is 4.41. The lowest BCUT2D eigenvalue weighted by molar-refractivity contribution is 0.354. The van der Waals surface area contributed by atoms with Crippen molar-refractivity contribution in [1.82, 2.24) is 15.5 Å². The molecule has 0 radical (unpaired) electrons. The minimum absolute atomic E-state index is 0.826. The van der Waals surface area contributed by atoms with Gasteiger partial charge in [-0.3, -0.25) is 15.0 Å². The molecule has 0 spiro atoms. The highest BCUT2D eigenvalue weighted by Crippen LogP contribution is 1.89. The van der Waals surface area contributed by atoms with Crippen molar-refractivity contribution in [3.8, 4) is 0 Å². The summed E-state index contributed by atoms with van der Waals surface area (Å²) in [4.78, 5) is 8.14. The van der Waals surface area contributed by atoms with E-state index in [9.17, 15) is 0 Å². The highest BCUT2D eigenvalue weighted by Gasteiger charge is 2.01. The van der Waals surface area contributed by atoms with E-state index in [1.54, 1.807) is 18.7 Å². The number of nitrogens with one attached hydrogen (secondary N) is 1. The summed E-state index contributed by atoms with van der Waals surface area (Å²) in [5, 5.41) is 5.84. The molecule has 0 fully saturated rings. The Morgan fingerprint density at radius 2 is 2.50 bits per heavy atom. The third-order valence-corrected chi connectivity index (χ3v) is 1.76. The zero-order chi connectivity index (χ0) is 9.64. The second-order valence-electron chi connectivity index (χ2n) is 2.83. The number of pyridine rings is 1. The van der Waals surface area contributed by atoms with Crippen molar-refractivity contribution in [3.63, 3.8) is 0 Å². The Morgan fingerprint density at radius 3 is 3.21 bits per heavy atom. The highest BCUT2D eigenvalue weighted by atomic mass is 15.7. The number of aliphatic imine (C=N–C) groups is 1. The Hall–Kier alpha value is -1.91. The van der Waals surface area contributed by atoms with E-state index in [2.05, 4.69) is 20.6 Å². The van der Waals surface area contributed by atoms with Gasteiger partial charge in [0.15, 0.2) is 0 Å². The first kappa shape index (κ1) is 8.68. The van der Waals surface area contributed by atoms with Crippen molar-refractivity contribution in [3.05, 3.63) is 30.1 Å². The molecule has 0 aliphatic carbocycles. The molecular weight excluding hydrogens is 178 g/mol. The molecule has 2 rings (SSSR count). The van der Waals surface area contributed by atoms with E-state index in [-0.39, 0.29) is 0 Å². The van der Waals surface area contributed by atoms with E-state index in [1.165, 1.54) is 0 Å². The summed E-state index contributed by atoms with van der Waals surface area (Å²) >= 11 is 0. The van der Waals surface area contributed by atoms with Crippen molar-refractivity contribution < 1.29 is 0 Å². The monoisotopic (exact) mass is 189 g/mol. The van der Waals surface area contributed by atoms with Gasteiger partial charge < -0.3 is 0 Å². The fourth-order valence-corrected chi connectivity index (χ4v) is 1.08. The Bertz CT molecular complexity index is 332. The van der Waals surface area contributed by atoms with E-state index >= 15 is 0 Å². The third-order valence-electron chi connectivity index (χ3n) is 1.76. The van der Waals surface area contributed by atoms with E-state index in [0.29, 0.717) is 0 Å². The van der Waals surface area contributed by atoms with Crippen LogP contribution in [-0.2, 0) is 0 Å². The number of aromatic nitrogens is 1. The van der Waals surface area contributed by atoms with Crippen LogP contribution in [0, 0.1) is 0 Å². The van der Waals surface area contributed by atoms with Crippen molar-refractivity contribution in [2.75, 3.05) is 13.1 Å². The molecule has 0 saturated carbocycles. The van der Waals surface area contributed by atoms with Crippen molar-refractivity contribution in [1.29, 1.82) is 0 Å². The van der Waals surface area contributed by atoms with Crippen molar-refractivity contribution >= 4 is 12.6 Å². The normalized spacial score (nSPS) is 15.3. The Morgan fingerprint density at radius 1 is 1.50 bits per heavy atom. The molecule has 1 aliphatic heterocycles. The van der Waals surface area contributed by atoms with Crippen LogP contribution in [0.3, 0.4) is 0 Å². The Labute approximate surface area is 82.1 Å². The molecule has 0 bridgehead atoms. The zero-order valence-electron chi connectivity index (χ0n) is 7.67. The van der Waals surface area contributed by atoms with Gasteiger partial charge >= 0.3 is 0 Å². The third kappa shape index (κ3) is 2.29. The predicted molar refractivity (Wildman–Crippen MR) is 55.0 cm³/mol. The van der Waals surface area contributed by atoms with E-state index in [1.807, 2.05) is 23.2 Å². The molecule has 72 valence electrons. The standard InChI is InChI=1S/C9H11N5/c1-2-4-11-9(3-1)7-12-13-14-6-5-10-8-14/h1-4,7-8,13H,5-6H2. The average Bonchev–Trinajstić information content (AvgIpc) is 2.72. The van der Waals surface area contributed by atoms with Crippen LogP contribution in [0.4, 0.5) is 0 Å². The van der Waals surface area contributed by atoms with Crippen molar-refractivity contribution in [2.45, 2.75) is 0 Å². The first-order chi connectivity index (χ1) is 6.95. The fraction of sp³-hybridized carbons (Fsp3) is 0.222. The molecule has 0 saturated heterocycles. The fourth-order valence-electron chi connectivity index (χ4n) is 1.08. The first-order valence-electron chi connectivity index (χ1n) is 4.41. The molecule has 5 heteroatoms. The number of nitrogens with zero attached hydrogens (tertiary/aromatic N) is 4. The second kappa shape index (κ2) is 4.36. The lowest BCUT2D eigenvalue weighted by Gasteiger charge is -2.10. The van der Waals surface area contributed by atoms with Crippen LogP contribution >= 0.6 is 0 Å².